The van der Waals surface area contributed by atoms with Crippen LogP contribution in [0.3, 0.4) is 0 Å². The van der Waals surface area contributed by atoms with E-state index in [-0.39, 0.29) is 24.5 Å². The molecule has 0 aliphatic carbocycles. The first kappa shape index (κ1) is 21.0. The summed E-state index contributed by atoms with van der Waals surface area (Å²) < 4.78 is 16.0. The van der Waals surface area contributed by atoms with E-state index >= 15 is 0 Å². The minimum Gasteiger partial charge on any atom is -0.350 e. The molecule has 8 nitrogen and oxygen atoms in total. The third kappa shape index (κ3) is 4.72. The number of amides is 2. The van der Waals surface area contributed by atoms with E-state index in [1.165, 1.54) is 35.0 Å². The number of benzene rings is 2. The lowest BCUT2D eigenvalue weighted by molar-refractivity contribution is -0.121. The summed E-state index contributed by atoms with van der Waals surface area (Å²) in [6, 6.07) is 13.7. The second-order valence-corrected chi connectivity index (χ2v) is 7.30. The van der Waals surface area contributed by atoms with Gasteiger partial charge >= 0.3 is 0 Å². The SMILES string of the molecule is Cn1cnc2ccc(NC(=O)c3ccc(=O)n(CC(=O)NCc4ccc(F)cc4)c3)cc21. The number of imidazole rings is 1. The predicted octanol–water partition coefficient (Wildman–Crippen LogP) is 2.44. The largest absolute Gasteiger partial charge is 0.350 e. The average molecular weight is 433 g/mol. The van der Waals surface area contributed by atoms with Crippen LogP contribution in [0.5, 0.6) is 0 Å². The van der Waals surface area contributed by atoms with Gasteiger partial charge in [0.15, 0.2) is 0 Å². The average Bonchev–Trinajstić information content (AvgIpc) is 3.15. The maximum atomic E-state index is 13.0. The van der Waals surface area contributed by atoms with Gasteiger partial charge in [-0.2, -0.15) is 0 Å². The van der Waals surface area contributed by atoms with Crippen LogP contribution >= 0.6 is 0 Å². The highest BCUT2D eigenvalue weighted by molar-refractivity contribution is 6.04. The van der Waals surface area contributed by atoms with Crippen LogP contribution in [0.1, 0.15) is 15.9 Å². The van der Waals surface area contributed by atoms with Gasteiger partial charge < -0.3 is 19.8 Å². The number of pyridine rings is 1. The van der Waals surface area contributed by atoms with E-state index in [0.29, 0.717) is 5.69 Å². The number of anilines is 1. The number of aromatic nitrogens is 3. The van der Waals surface area contributed by atoms with Gasteiger partial charge in [0.1, 0.15) is 12.4 Å². The fourth-order valence-electron chi connectivity index (χ4n) is 3.21. The molecule has 0 unspecified atom stereocenters. The Labute approximate surface area is 182 Å². The summed E-state index contributed by atoms with van der Waals surface area (Å²) in [5.41, 5.74) is 2.82. The zero-order valence-corrected chi connectivity index (χ0v) is 17.2. The number of hydrogen-bond donors (Lipinski definition) is 2. The highest BCUT2D eigenvalue weighted by atomic mass is 19.1. The van der Waals surface area contributed by atoms with Gasteiger partial charge in [0.25, 0.3) is 11.5 Å². The Morgan fingerprint density at radius 1 is 1.06 bits per heavy atom. The minimum absolute atomic E-state index is 0.199. The van der Waals surface area contributed by atoms with Crippen molar-refractivity contribution in [2.24, 2.45) is 7.05 Å². The molecule has 2 aromatic heterocycles. The number of rotatable bonds is 6. The van der Waals surface area contributed by atoms with E-state index in [2.05, 4.69) is 15.6 Å². The smallest absolute Gasteiger partial charge is 0.257 e. The normalized spacial score (nSPS) is 10.8. The summed E-state index contributed by atoms with van der Waals surface area (Å²) >= 11 is 0. The number of carbonyl (C=O) groups excluding carboxylic acids is 2. The molecule has 0 aliphatic rings. The Morgan fingerprint density at radius 3 is 2.62 bits per heavy atom. The van der Waals surface area contributed by atoms with Crippen molar-refractivity contribution in [1.82, 2.24) is 19.4 Å². The Kier molecular flexibility index (Phi) is 5.80. The van der Waals surface area contributed by atoms with Gasteiger partial charge in [0, 0.05) is 31.5 Å². The van der Waals surface area contributed by atoms with E-state index in [1.807, 2.05) is 11.6 Å². The summed E-state index contributed by atoms with van der Waals surface area (Å²) in [6.07, 6.45) is 3.03. The molecular weight excluding hydrogens is 413 g/mol. The Morgan fingerprint density at radius 2 is 1.84 bits per heavy atom. The fourth-order valence-corrected chi connectivity index (χ4v) is 3.21. The second kappa shape index (κ2) is 8.84. The number of fused-ring (bicyclic) bond motifs is 1. The zero-order chi connectivity index (χ0) is 22.7. The van der Waals surface area contributed by atoms with E-state index in [0.717, 1.165) is 16.6 Å². The number of hydrogen-bond acceptors (Lipinski definition) is 4. The molecule has 2 heterocycles. The summed E-state index contributed by atoms with van der Waals surface area (Å²) in [6.45, 7) is -0.0490. The summed E-state index contributed by atoms with van der Waals surface area (Å²) in [7, 11) is 1.86. The molecule has 0 aliphatic heterocycles. The van der Waals surface area contributed by atoms with Crippen molar-refractivity contribution >= 4 is 28.5 Å². The monoisotopic (exact) mass is 433 g/mol. The first-order valence-electron chi connectivity index (χ1n) is 9.83. The first-order chi connectivity index (χ1) is 15.4. The third-order valence-electron chi connectivity index (χ3n) is 4.95. The Hall–Kier alpha value is -4.27. The number of aryl methyl sites for hydroxylation is 1. The molecule has 2 N–H and O–H groups in total. The van der Waals surface area contributed by atoms with Gasteiger partial charge in [-0.15, -0.1) is 0 Å². The van der Waals surface area contributed by atoms with Crippen LogP contribution in [0.25, 0.3) is 11.0 Å². The predicted molar refractivity (Wildman–Crippen MR) is 118 cm³/mol. The molecule has 0 fully saturated rings. The molecule has 0 saturated heterocycles. The van der Waals surface area contributed by atoms with Gasteiger partial charge in [-0.3, -0.25) is 14.4 Å². The highest BCUT2D eigenvalue weighted by Gasteiger charge is 2.11. The van der Waals surface area contributed by atoms with Crippen LogP contribution in [0.15, 0.2) is 71.9 Å². The molecule has 0 radical (unpaired) electrons. The molecule has 9 heteroatoms. The number of nitrogens with one attached hydrogen (secondary N) is 2. The van der Waals surface area contributed by atoms with Crippen LogP contribution < -0.4 is 16.2 Å². The van der Waals surface area contributed by atoms with Gasteiger partial charge in [-0.1, -0.05) is 12.1 Å². The first-order valence-corrected chi connectivity index (χ1v) is 9.83. The molecule has 2 amide bonds. The molecule has 0 bridgehead atoms. The summed E-state index contributed by atoms with van der Waals surface area (Å²) in [5, 5.41) is 5.46. The molecule has 0 saturated carbocycles. The van der Waals surface area contributed by atoms with Crippen molar-refractivity contribution in [2.75, 3.05) is 5.32 Å². The van der Waals surface area contributed by atoms with E-state index in [9.17, 15) is 18.8 Å². The molecule has 0 spiro atoms. The van der Waals surface area contributed by atoms with Crippen LogP contribution in [0, 0.1) is 5.82 Å². The lowest BCUT2D eigenvalue weighted by atomic mass is 10.2. The molecule has 162 valence electrons. The molecule has 4 rings (SSSR count). The van der Waals surface area contributed by atoms with Crippen molar-refractivity contribution < 1.29 is 14.0 Å². The van der Waals surface area contributed by atoms with E-state index in [4.69, 9.17) is 0 Å². The van der Waals surface area contributed by atoms with Crippen molar-refractivity contribution in [2.45, 2.75) is 13.1 Å². The molecule has 2 aromatic carbocycles. The van der Waals surface area contributed by atoms with Gasteiger partial charge in [0.05, 0.1) is 22.9 Å². The standard InChI is InChI=1S/C23H20FN5O3/c1-28-14-26-19-8-7-18(10-20(19)28)27-23(32)16-4-9-22(31)29(12-16)13-21(30)25-11-15-2-5-17(24)6-3-15/h2-10,12,14H,11,13H2,1H3,(H,25,30)(H,27,32). The lowest BCUT2D eigenvalue weighted by Gasteiger charge is -2.10. The summed E-state index contributed by atoms with van der Waals surface area (Å²) in [5.74, 6) is -1.18. The zero-order valence-electron chi connectivity index (χ0n) is 17.2. The number of halogens is 1. The fraction of sp³-hybridized carbons (Fsp3) is 0.130. The topological polar surface area (TPSA) is 98.0 Å². The highest BCUT2D eigenvalue weighted by Crippen LogP contribution is 2.18. The van der Waals surface area contributed by atoms with E-state index < -0.39 is 17.4 Å². The Balaban J connectivity index is 1.43. The minimum atomic E-state index is -0.410. The Bertz CT molecular complexity index is 1360. The van der Waals surface area contributed by atoms with Crippen LogP contribution in [-0.2, 0) is 24.9 Å². The number of nitrogens with zero attached hydrogens (tertiary/aromatic N) is 3. The molecule has 32 heavy (non-hydrogen) atoms. The van der Waals surface area contributed by atoms with Crippen molar-refractivity contribution in [3.63, 3.8) is 0 Å². The molecule has 4 aromatic rings. The van der Waals surface area contributed by atoms with Crippen molar-refractivity contribution in [3.05, 3.63) is 94.4 Å². The second-order valence-electron chi connectivity index (χ2n) is 7.30. The van der Waals surface area contributed by atoms with Crippen LogP contribution in [-0.4, -0.2) is 25.9 Å². The number of carbonyl (C=O) groups is 2. The maximum Gasteiger partial charge on any atom is 0.257 e. The van der Waals surface area contributed by atoms with E-state index in [1.54, 1.807) is 36.7 Å². The molecule has 0 atom stereocenters. The lowest BCUT2D eigenvalue weighted by Crippen LogP contribution is -2.32. The summed E-state index contributed by atoms with van der Waals surface area (Å²) in [4.78, 5) is 41.3. The van der Waals surface area contributed by atoms with Crippen LogP contribution in [0.4, 0.5) is 10.1 Å². The third-order valence-corrected chi connectivity index (χ3v) is 4.95. The van der Waals surface area contributed by atoms with Crippen LogP contribution in [0.2, 0.25) is 0 Å². The van der Waals surface area contributed by atoms with Crippen molar-refractivity contribution in [3.8, 4) is 0 Å². The van der Waals surface area contributed by atoms with Gasteiger partial charge in [-0.25, -0.2) is 9.37 Å². The van der Waals surface area contributed by atoms with Crippen molar-refractivity contribution in [1.29, 1.82) is 0 Å². The maximum absolute atomic E-state index is 13.0. The quantitative estimate of drug-likeness (QED) is 0.488. The van der Waals surface area contributed by atoms with Gasteiger partial charge in [-0.05, 0) is 42.0 Å². The van der Waals surface area contributed by atoms with Gasteiger partial charge in [0.2, 0.25) is 5.91 Å². The molecular formula is C23H20FN5O3.